The summed E-state index contributed by atoms with van der Waals surface area (Å²) in [7, 11) is 2.08. The zero-order valence-corrected chi connectivity index (χ0v) is 8.30. The van der Waals surface area contributed by atoms with Crippen LogP contribution in [0.2, 0.25) is 0 Å². The van der Waals surface area contributed by atoms with Gasteiger partial charge in [0, 0.05) is 11.8 Å². The van der Waals surface area contributed by atoms with Crippen LogP contribution in [0.1, 0.15) is 13.3 Å². The van der Waals surface area contributed by atoms with E-state index in [1.54, 1.807) is 18.7 Å². The van der Waals surface area contributed by atoms with E-state index in [1.807, 2.05) is 0 Å². The molecule has 1 saturated heterocycles. The number of rotatable bonds is 3. The average molecular weight is 189 g/mol. The van der Waals surface area contributed by atoms with E-state index in [1.165, 1.54) is 0 Å². The molecule has 2 atom stereocenters. The van der Waals surface area contributed by atoms with E-state index in [4.69, 9.17) is 5.11 Å². The summed E-state index contributed by atoms with van der Waals surface area (Å²) in [6.45, 7) is 3.89. The second kappa shape index (κ2) is 4.14. The highest BCUT2D eigenvalue weighted by atomic mass is 32.2. The molecule has 2 unspecified atom stereocenters. The lowest BCUT2D eigenvalue weighted by atomic mass is 10.4. The smallest absolute Gasteiger partial charge is 0.316 e. The SMILES string of the molecule is CC(SC1CCN(C)C1)C(=O)O. The molecule has 0 aromatic carbocycles. The van der Waals surface area contributed by atoms with Gasteiger partial charge in [0.25, 0.3) is 0 Å². The highest BCUT2D eigenvalue weighted by molar-refractivity contribution is 8.01. The fourth-order valence-corrected chi connectivity index (χ4v) is 2.63. The maximum Gasteiger partial charge on any atom is 0.316 e. The molecule has 70 valence electrons. The molecule has 1 N–H and O–H groups in total. The van der Waals surface area contributed by atoms with Crippen LogP contribution in [-0.4, -0.2) is 46.6 Å². The van der Waals surface area contributed by atoms with E-state index in [9.17, 15) is 4.79 Å². The molecule has 12 heavy (non-hydrogen) atoms. The Morgan fingerprint density at radius 2 is 2.42 bits per heavy atom. The van der Waals surface area contributed by atoms with E-state index in [2.05, 4.69) is 11.9 Å². The summed E-state index contributed by atoms with van der Waals surface area (Å²) in [5.41, 5.74) is 0. The fraction of sp³-hybridized carbons (Fsp3) is 0.875. The van der Waals surface area contributed by atoms with Crippen molar-refractivity contribution in [3.63, 3.8) is 0 Å². The lowest BCUT2D eigenvalue weighted by Crippen LogP contribution is -2.19. The summed E-state index contributed by atoms with van der Waals surface area (Å²) in [6.07, 6.45) is 1.12. The Labute approximate surface area is 77.1 Å². The molecular weight excluding hydrogens is 174 g/mol. The van der Waals surface area contributed by atoms with Gasteiger partial charge in [-0.15, -0.1) is 11.8 Å². The molecule has 1 aliphatic rings. The Balaban J connectivity index is 2.27. The third kappa shape index (κ3) is 2.68. The molecule has 4 heteroatoms. The molecule has 1 fully saturated rings. The van der Waals surface area contributed by atoms with Gasteiger partial charge in [0.05, 0.1) is 5.25 Å². The molecule has 3 nitrogen and oxygen atoms in total. The Morgan fingerprint density at radius 1 is 1.75 bits per heavy atom. The van der Waals surface area contributed by atoms with Gasteiger partial charge in [-0.3, -0.25) is 4.79 Å². The second-order valence-electron chi connectivity index (χ2n) is 3.29. The minimum atomic E-state index is -0.699. The van der Waals surface area contributed by atoms with Crippen LogP contribution in [-0.2, 0) is 4.79 Å². The molecule has 0 aromatic rings. The maximum atomic E-state index is 10.5. The first-order chi connectivity index (χ1) is 5.59. The highest BCUT2D eigenvalue weighted by Crippen LogP contribution is 2.25. The van der Waals surface area contributed by atoms with Gasteiger partial charge in [-0.2, -0.15) is 0 Å². The van der Waals surface area contributed by atoms with Crippen molar-refractivity contribution in [2.45, 2.75) is 23.8 Å². The standard InChI is InChI=1S/C8H15NO2S/c1-6(8(10)11)12-7-3-4-9(2)5-7/h6-7H,3-5H2,1-2H3,(H,10,11). The molecule has 0 aromatic heterocycles. The first-order valence-electron chi connectivity index (χ1n) is 4.16. The predicted octanol–water partition coefficient (Wildman–Crippen LogP) is 0.897. The molecule has 0 aliphatic carbocycles. The van der Waals surface area contributed by atoms with Crippen LogP contribution < -0.4 is 0 Å². The van der Waals surface area contributed by atoms with Crippen LogP contribution in [0.4, 0.5) is 0 Å². The lowest BCUT2D eigenvalue weighted by molar-refractivity contribution is -0.136. The van der Waals surface area contributed by atoms with Crippen molar-refractivity contribution in [1.82, 2.24) is 4.90 Å². The van der Waals surface area contributed by atoms with Crippen LogP contribution in [0, 0.1) is 0 Å². The zero-order valence-electron chi connectivity index (χ0n) is 7.49. The monoisotopic (exact) mass is 189 g/mol. The predicted molar refractivity (Wildman–Crippen MR) is 50.6 cm³/mol. The summed E-state index contributed by atoms with van der Waals surface area (Å²) >= 11 is 1.58. The maximum absolute atomic E-state index is 10.5. The first-order valence-corrected chi connectivity index (χ1v) is 5.10. The van der Waals surface area contributed by atoms with E-state index in [-0.39, 0.29) is 5.25 Å². The van der Waals surface area contributed by atoms with Gasteiger partial charge < -0.3 is 10.0 Å². The number of aliphatic carboxylic acids is 1. The highest BCUT2D eigenvalue weighted by Gasteiger charge is 2.24. The Kier molecular flexibility index (Phi) is 3.40. The van der Waals surface area contributed by atoms with E-state index < -0.39 is 5.97 Å². The minimum Gasteiger partial charge on any atom is -0.480 e. The van der Waals surface area contributed by atoms with Gasteiger partial charge in [-0.25, -0.2) is 0 Å². The summed E-state index contributed by atoms with van der Waals surface area (Å²) in [6, 6.07) is 0. The molecule has 0 radical (unpaired) electrons. The number of nitrogens with zero attached hydrogens (tertiary/aromatic N) is 1. The van der Waals surface area contributed by atoms with Gasteiger partial charge in [0.1, 0.15) is 0 Å². The number of hydrogen-bond donors (Lipinski definition) is 1. The van der Waals surface area contributed by atoms with Crippen molar-refractivity contribution in [3.05, 3.63) is 0 Å². The molecule has 1 heterocycles. The number of thioether (sulfide) groups is 1. The normalized spacial score (nSPS) is 27.3. The molecule has 1 aliphatic heterocycles. The number of carboxylic acid groups (broad SMARTS) is 1. The molecule has 0 saturated carbocycles. The van der Waals surface area contributed by atoms with Crippen molar-refractivity contribution in [2.24, 2.45) is 0 Å². The van der Waals surface area contributed by atoms with Crippen LogP contribution in [0.5, 0.6) is 0 Å². The van der Waals surface area contributed by atoms with E-state index >= 15 is 0 Å². The van der Waals surface area contributed by atoms with Crippen molar-refractivity contribution in [2.75, 3.05) is 20.1 Å². The number of hydrogen-bond acceptors (Lipinski definition) is 3. The minimum absolute atomic E-state index is 0.263. The fourth-order valence-electron chi connectivity index (χ4n) is 1.35. The van der Waals surface area contributed by atoms with Crippen LogP contribution >= 0.6 is 11.8 Å². The summed E-state index contributed by atoms with van der Waals surface area (Å²) in [4.78, 5) is 12.8. The Morgan fingerprint density at radius 3 is 2.83 bits per heavy atom. The van der Waals surface area contributed by atoms with Gasteiger partial charge in [-0.1, -0.05) is 0 Å². The van der Waals surface area contributed by atoms with Gasteiger partial charge in [-0.05, 0) is 26.9 Å². The topological polar surface area (TPSA) is 40.5 Å². The number of likely N-dealkylation sites (tertiary alicyclic amines) is 1. The summed E-state index contributed by atoms with van der Waals surface area (Å²) in [5, 5.41) is 8.93. The zero-order chi connectivity index (χ0) is 9.14. The van der Waals surface area contributed by atoms with E-state index in [0.29, 0.717) is 5.25 Å². The van der Waals surface area contributed by atoms with Crippen molar-refractivity contribution < 1.29 is 9.90 Å². The first kappa shape index (κ1) is 9.86. The van der Waals surface area contributed by atoms with Gasteiger partial charge >= 0.3 is 5.97 Å². The molecular formula is C8H15NO2S. The number of carbonyl (C=O) groups is 1. The van der Waals surface area contributed by atoms with Crippen molar-refractivity contribution in [3.8, 4) is 0 Å². The van der Waals surface area contributed by atoms with Crippen LogP contribution in [0.15, 0.2) is 0 Å². The quantitative estimate of drug-likeness (QED) is 0.716. The largest absolute Gasteiger partial charge is 0.480 e. The van der Waals surface area contributed by atoms with Crippen molar-refractivity contribution in [1.29, 1.82) is 0 Å². The molecule has 0 amide bonds. The molecule has 0 bridgehead atoms. The number of carboxylic acids is 1. The Bertz CT molecular complexity index is 174. The summed E-state index contributed by atoms with van der Waals surface area (Å²) < 4.78 is 0. The van der Waals surface area contributed by atoms with Gasteiger partial charge in [0.2, 0.25) is 0 Å². The van der Waals surface area contributed by atoms with Crippen LogP contribution in [0.3, 0.4) is 0 Å². The Hall–Kier alpha value is -0.220. The third-order valence-electron chi connectivity index (χ3n) is 2.09. The second-order valence-corrected chi connectivity index (χ2v) is 4.94. The third-order valence-corrected chi connectivity index (χ3v) is 3.47. The molecule has 1 rings (SSSR count). The average Bonchev–Trinajstić information content (AvgIpc) is 2.35. The lowest BCUT2D eigenvalue weighted by Gasteiger charge is -2.12. The van der Waals surface area contributed by atoms with E-state index in [0.717, 1.165) is 19.5 Å². The van der Waals surface area contributed by atoms with Gasteiger partial charge in [0.15, 0.2) is 0 Å². The summed E-state index contributed by atoms with van der Waals surface area (Å²) in [5.74, 6) is -0.699. The molecule has 0 spiro atoms. The van der Waals surface area contributed by atoms with Crippen LogP contribution in [0.25, 0.3) is 0 Å². The van der Waals surface area contributed by atoms with Crippen molar-refractivity contribution >= 4 is 17.7 Å².